The Labute approximate surface area is 234 Å². The summed E-state index contributed by atoms with van der Waals surface area (Å²) < 4.78 is 28.3. The first-order valence-corrected chi connectivity index (χ1v) is 14.1. The number of pyridine rings is 1. The fraction of sp³-hybridized carbons (Fsp3) is 0.138. The van der Waals surface area contributed by atoms with E-state index in [1.807, 2.05) is 12.1 Å². The number of sulfonamides is 1. The van der Waals surface area contributed by atoms with Crippen molar-refractivity contribution in [2.75, 3.05) is 11.9 Å². The van der Waals surface area contributed by atoms with E-state index in [0.29, 0.717) is 46.3 Å². The van der Waals surface area contributed by atoms with Crippen molar-refractivity contribution < 1.29 is 27.7 Å². The highest BCUT2D eigenvalue weighted by molar-refractivity contribution is 7.89. The summed E-state index contributed by atoms with van der Waals surface area (Å²) in [4.78, 5) is 41.2. The average Bonchev–Trinajstić information content (AvgIpc) is 2.95. The number of nitrogens with zero attached hydrogens (tertiary/aromatic N) is 2. The van der Waals surface area contributed by atoms with Gasteiger partial charge in [-0.3, -0.25) is 14.9 Å². The van der Waals surface area contributed by atoms with Crippen LogP contribution in [0, 0.1) is 10.1 Å². The van der Waals surface area contributed by atoms with Crippen LogP contribution in [-0.4, -0.2) is 36.8 Å². The van der Waals surface area contributed by atoms with Crippen LogP contribution in [0.25, 0.3) is 22.6 Å². The number of fused-ring (bicyclic) bond motifs is 2. The number of allylic oxidation sites excluding steroid dienone is 1. The molecular weight excluding hydrogens is 548 g/mol. The monoisotopic (exact) mass is 572 g/mol. The first kappa shape index (κ1) is 27.6. The normalized spacial score (nSPS) is 13.9. The molecule has 0 saturated heterocycles. The minimum Gasteiger partial charge on any atom is -0.452 e. The van der Waals surface area contributed by atoms with E-state index in [9.17, 15) is 28.1 Å². The van der Waals surface area contributed by atoms with Gasteiger partial charge in [0, 0.05) is 23.2 Å². The number of primary sulfonamides is 1. The van der Waals surface area contributed by atoms with E-state index in [4.69, 9.17) is 14.9 Å². The van der Waals surface area contributed by atoms with Gasteiger partial charge in [-0.1, -0.05) is 18.2 Å². The van der Waals surface area contributed by atoms with Crippen LogP contribution in [0.2, 0.25) is 0 Å². The van der Waals surface area contributed by atoms with Crippen molar-refractivity contribution in [1.82, 2.24) is 4.98 Å². The van der Waals surface area contributed by atoms with Gasteiger partial charge in [0.05, 0.1) is 26.6 Å². The number of esters is 1. The van der Waals surface area contributed by atoms with Gasteiger partial charge in [-0.2, -0.15) is 0 Å². The van der Waals surface area contributed by atoms with E-state index in [0.717, 1.165) is 17.6 Å². The van der Waals surface area contributed by atoms with Crippen LogP contribution >= 0.6 is 0 Å². The molecule has 5 rings (SSSR count). The first-order valence-electron chi connectivity index (χ1n) is 12.6. The number of para-hydroxylation sites is 1. The number of aromatic nitrogens is 1. The molecule has 0 bridgehead atoms. The third kappa shape index (κ3) is 6.13. The summed E-state index contributed by atoms with van der Waals surface area (Å²) in [5.74, 6) is -1.27. The summed E-state index contributed by atoms with van der Waals surface area (Å²) in [6.07, 6.45) is 3.95. The van der Waals surface area contributed by atoms with Crippen LogP contribution in [0.4, 0.5) is 11.4 Å². The van der Waals surface area contributed by atoms with Crippen molar-refractivity contribution in [1.29, 1.82) is 0 Å². The second-order valence-electron chi connectivity index (χ2n) is 9.40. The van der Waals surface area contributed by atoms with Crippen molar-refractivity contribution in [3.8, 4) is 0 Å². The molecule has 208 valence electrons. The number of nitro groups is 1. The molecular formula is C29H24N4O7S. The Kier molecular flexibility index (Phi) is 7.60. The highest BCUT2D eigenvalue weighted by Crippen LogP contribution is 2.36. The molecule has 0 atom stereocenters. The molecule has 12 heteroatoms. The van der Waals surface area contributed by atoms with E-state index >= 15 is 0 Å². The number of rotatable bonds is 7. The Bertz CT molecular complexity index is 1820. The van der Waals surface area contributed by atoms with Crippen LogP contribution in [0.1, 0.15) is 40.0 Å². The predicted molar refractivity (Wildman–Crippen MR) is 152 cm³/mol. The number of carbonyl (C=O) groups excluding carboxylic acids is 2. The standard InChI is InChI=1S/C29H24N4O7S/c30-41(38,39)22-14-10-20(11-15-22)31-26(34)17-40-29(35)27-23-5-1-2-7-25(23)32-28-19(4-3-6-24(27)28)16-18-8-12-21(13-9-18)33(36)37/h1-2,5,7-16H,3-4,6,17H2,(H,31,34)(H2,30,38,39)/b19-16+. The van der Waals surface area contributed by atoms with Gasteiger partial charge in [0.15, 0.2) is 6.61 Å². The number of benzene rings is 3. The Hall–Kier alpha value is -4.94. The molecule has 1 aliphatic rings. The number of nitrogens with two attached hydrogens (primary N) is 1. The molecule has 3 N–H and O–H groups in total. The number of non-ortho nitro benzene ring substituents is 1. The molecule has 1 aromatic heterocycles. The van der Waals surface area contributed by atoms with Crippen LogP contribution < -0.4 is 10.5 Å². The summed E-state index contributed by atoms with van der Waals surface area (Å²) in [7, 11) is -3.87. The van der Waals surface area contributed by atoms with Gasteiger partial charge in [-0.25, -0.2) is 23.3 Å². The zero-order valence-corrected chi connectivity index (χ0v) is 22.4. The highest BCUT2D eigenvalue weighted by atomic mass is 32.2. The van der Waals surface area contributed by atoms with Gasteiger partial charge in [-0.05, 0) is 84.5 Å². The largest absolute Gasteiger partial charge is 0.452 e. The molecule has 1 amide bonds. The fourth-order valence-corrected chi connectivity index (χ4v) is 5.25. The number of nitro benzene ring substituents is 1. The quantitative estimate of drug-likeness (QED) is 0.186. The number of ether oxygens (including phenoxy) is 1. The van der Waals surface area contributed by atoms with Gasteiger partial charge < -0.3 is 10.1 Å². The molecule has 3 aromatic carbocycles. The summed E-state index contributed by atoms with van der Waals surface area (Å²) in [6.45, 7) is -0.563. The topological polar surface area (TPSA) is 172 Å². The maximum Gasteiger partial charge on any atom is 0.339 e. The first-order chi connectivity index (χ1) is 19.6. The Balaban J connectivity index is 1.40. The van der Waals surface area contributed by atoms with Gasteiger partial charge in [-0.15, -0.1) is 0 Å². The van der Waals surface area contributed by atoms with Gasteiger partial charge >= 0.3 is 5.97 Å². The van der Waals surface area contributed by atoms with E-state index < -0.39 is 33.4 Å². The van der Waals surface area contributed by atoms with E-state index in [1.165, 1.54) is 36.4 Å². The molecule has 0 radical (unpaired) electrons. The zero-order valence-electron chi connectivity index (χ0n) is 21.6. The molecule has 0 aliphatic heterocycles. The second kappa shape index (κ2) is 11.3. The van der Waals surface area contributed by atoms with Gasteiger partial charge in [0.2, 0.25) is 10.0 Å². The predicted octanol–water partition coefficient (Wildman–Crippen LogP) is 4.46. The number of amides is 1. The van der Waals surface area contributed by atoms with E-state index in [1.54, 1.807) is 30.3 Å². The average molecular weight is 573 g/mol. The number of anilines is 1. The summed E-state index contributed by atoms with van der Waals surface area (Å²) in [5, 5.41) is 19.3. The lowest BCUT2D eigenvalue weighted by Gasteiger charge is -2.22. The molecule has 4 aromatic rings. The zero-order chi connectivity index (χ0) is 29.1. The van der Waals surface area contributed by atoms with Crippen molar-refractivity contribution in [3.05, 3.63) is 105 Å². The lowest BCUT2D eigenvalue weighted by Crippen LogP contribution is -2.22. The minimum atomic E-state index is -3.87. The molecule has 0 unspecified atom stereocenters. The van der Waals surface area contributed by atoms with Gasteiger partial charge in [0.1, 0.15) is 0 Å². The van der Waals surface area contributed by atoms with Crippen molar-refractivity contribution in [2.45, 2.75) is 24.2 Å². The molecule has 0 fully saturated rings. The lowest BCUT2D eigenvalue weighted by atomic mass is 9.86. The number of hydrogen-bond donors (Lipinski definition) is 2. The van der Waals surface area contributed by atoms with Crippen LogP contribution in [-0.2, 0) is 26.0 Å². The van der Waals surface area contributed by atoms with Crippen LogP contribution in [0.15, 0.2) is 77.7 Å². The Morgan fingerprint density at radius 3 is 2.41 bits per heavy atom. The fourth-order valence-electron chi connectivity index (χ4n) is 4.73. The molecule has 1 aliphatic carbocycles. The number of nitrogens with one attached hydrogen (secondary N) is 1. The van der Waals surface area contributed by atoms with E-state index in [-0.39, 0.29) is 10.6 Å². The number of hydrogen-bond acceptors (Lipinski definition) is 8. The third-order valence-electron chi connectivity index (χ3n) is 6.62. The minimum absolute atomic E-state index is 0.00472. The molecule has 41 heavy (non-hydrogen) atoms. The summed E-state index contributed by atoms with van der Waals surface area (Å²) >= 11 is 0. The molecule has 0 spiro atoms. The second-order valence-corrected chi connectivity index (χ2v) is 11.0. The van der Waals surface area contributed by atoms with Crippen molar-refractivity contribution in [2.24, 2.45) is 5.14 Å². The maximum atomic E-state index is 13.4. The Morgan fingerprint density at radius 2 is 1.73 bits per heavy atom. The lowest BCUT2D eigenvalue weighted by molar-refractivity contribution is -0.384. The smallest absolute Gasteiger partial charge is 0.339 e. The summed E-state index contributed by atoms with van der Waals surface area (Å²) in [5.41, 5.74) is 4.26. The maximum absolute atomic E-state index is 13.4. The van der Waals surface area contributed by atoms with Gasteiger partial charge in [0.25, 0.3) is 11.6 Å². The SMILES string of the molecule is NS(=O)(=O)c1ccc(NC(=O)COC(=O)c2c3c(nc4ccccc24)/C(=C/c2ccc([N+](=O)[O-])cc2)CCC3)cc1. The van der Waals surface area contributed by atoms with Crippen LogP contribution in [0.3, 0.4) is 0 Å². The third-order valence-corrected chi connectivity index (χ3v) is 7.55. The Morgan fingerprint density at radius 1 is 1.02 bits per heavy atom. The molecule has 11 nitrogen and oxygen atoms in total. The van der Waals surface area contributed by atoms with Crippen molar-refractivity contribution in [3.63, 3.8) is 0 Å². The molecule has 0 saturated carbocycles. The van der Waals surface area contributed by atoms with Crippen LogP contribution in [0.5, 0.6) is 0 Å². The summed E-state index contributed by atoms with van der Waals surface area (Å²) in [6, 6.07) is 18.7. The highest BCUT2D eigenvalue weighted by Gasteiger charge is 2.26. The van der Waals surface area contributed by atoms with E-state index in [2.05, 4.69) is 5.32 Å². The van der Waals surface area contributed by atoms with Crippen molar-refractivity contribution >= 4 is 55.8 Å². The number of carbonyl (C=O) groups is 2. The molecule has 1 heterocycles.